The molecule has 0 saturated heterocycles. The van der Waals surface area contributed by atoms with Crippen LogP contribution in [0.4, 0.5) is 5.69 Å². The van der Waals surface area contributed by atoms with E-state index >= 15 is 0 Å². The summed E-state index contributed by atoms with van der Waals surface area (Å²) >= 11 is 0. The molecule has 0 bridgehead atoms. The summed E-state index contributed by atoms with van der Waals surface area (Å²) in [6, 6.07) is 7.60. The monoisotopic (exact) mass is 195 g/mol. The van der Waals surface area contributed by atoms with E-state index in [-0.39, 0.29) is 0 Å². The van der Waals surface area contributed by atoms with Crippen molar-refractivity contribution < 1.29 is 4.21 Å². The lowest BCUT2D eigenvalue weighted by atomic mass is 10.3. The van der Waals surface area contributed by atoms with Crippen LogP contribution in [0.5, 0.6) is 0 Å². The molecule has 1 aromatic carbocycles. The molecular formula is C10H13NOS. The average molecular weight is 195 g/mol. The Morgan fingerprint density at radius 2 is 2.00 bits per heavy atom. The van der Waals surface area contributed by atoms with Gasteiger partial charge in [0, 0.05) is 19.5 Å². The van der Waals surface area contributed by atoms with Crippen LogP contribution in [0.15, 0.2) is 41.1 Å². The summed E-state index contributed by atoms with van der Waals surface area (Å²) in [4.78, 5) is 2.75. The van der Waals surface area contributed by atoms with E-state index in [2.05, 4.69) is 6.58 Å². The van der Waals surface area contributed by atoms with E-state index in [0.717, 1.165) is 10.6 Å². The van der Waals surface area contributed by atoms with Crippen LogP contribution >= 0.6 is 0 Å². The second-order valence-electron chi connectivity index (χ2n) is 2.83. The van der Waals surface area contributed by atoms with Crippen LogP contribution in [-0.2, 0) is 10.8 Å². The molecular weight excluding hydrogens is 182 g/mol. The first-order chi connectivity index (χ1) is 6.16. The Kier molecular flexibility index (Phi) is 3.25. The molecule has 0 aliphatic carbocycles. The molecule has 0 spiro atoms. The molecule has 0 amide bonds. The van der Waals surface area contributed by atoms with Gasteiger partial charge in [-0.05, 0) is 12.1 Å². The van der Waals surface area contributed by atoms with Gasteiger partial charge in [0.2, 0.25) is 0 Å². The molecule has 0 N–H and O–H groups in total. The molecule has 0 heterocycles. The van der Waals surface area contributed by atoms with Gasteiger partial charge in [-0.3, -0.25) is 0 Å². The van der Waals surface area contributed by atoms with Crippen LogP contribution in [0.2, 0.25) is 0 Å². The second kappa shape index (κ2) is 4.23. The van der Waals surface area contributed by atoms with E-state index in [1.165, 1.54) is 5.41 Å². The van der Waals surface area contributed by atoms with Crippen molar-refractivity contribution in [3.63, 3.8) is 0 Å². The molecule has 13 heavy (non-hydrogen) atoms. The van der Waals surface area contributed by atoms with Gasteiger partial charge in [-0.15, -0.1) is 0 Å². The highest BCUT2D eigenvalue weighted by Gasteiger charge is 2.06. The Labute approximate surface area is 81.3 Å². The van der Waals surface area contributed by atoms with E-state index in [0.29, 0.717) is 0 Å². The summed E-state index contributed by atoms with van der Waals surface area (Å²) in [5, 5.41) is 1.45. The zero-order valence-electron chi connectivity index (χ0n) is 7.86. The molecule has 0 aliphatic heterocycles. The summed E-state index contributed by atoms with van der Waals surface area (Å²) in [7, 11) is 2.76. The maximum Gasteiger partial charge on any atom is 0.0791 e. The van der Waals surface area contributed by atoms with Gasteiger partial charge >= 0.3 is 0 Å². The molecule has 1 atom stereocenters. The van der Waals surface area contributed by atoms with Gasteiger partial charge in [0.25, 0.3) is 0 Å². The lowest BCUT2D eigenvalue weighted by molar-refractivity contribution is 0.688. The third-order valence-corrected chi connectivity index (χ3v) is 2.80. The lowest BCUT2D eigenvalue weighted by Crippen LogP contribution is -2.11. The first-order valence-corrected chi connectivity index (χ1v) is 5.17. The van der Waals surface area contributed by atoms with Gasteiger partial charge in [-0.25, -0.2) is 4.21 Å². The first kappa shape index (κ1) is 9.99. The van der Waals surface area contributed by atoms with Crippen molar-refractivity contribution in [1.82, 2.24) is 0 Å². The van der Waals surface area contributed by atoms with Crippen LogP contribution in [0.3, 0.4) is 0 Å². The van der Waals surface area contributed by atoms with E-state index in [1.54, 1.807) is 0 Å². The third-order valence-electron chi connectivity index (χ3n) is 1.72. The van der Waals surface area contributed by atoms with E-state index in [1.807, 2.05) is 43.3 Å². The van der Waals surface area contributed by atoms with Gasteiger partial charge in [0.1, 0.15) is 0 Å². The number of para-hydroxylation sites is 1. The molecule has 0 fully saturated rings. The van der Waals surface area contributed by atoms with Crippen molar-refractivity contribution in [2.75, 3.05) is 19.0 Å². The highest BCUT2D eigenvalue weighted by atomic mass is 32.2. The number of anilines is 1. The molecule has 0 unspecified atom stereocenters. The minimum absolute atomic E-state index is 0.808. The van der Waals surface area contributed by atoms with Crippen molar-refractivity contribution in [1.29, 1.82) is 0 Å². The molecule has 0 saturated carbocycles. The summed E-state index contributed by atoms with van der Waals surface area (Å²) < 4.78 is 11.5. The maximum atomic E-state index is 11.5. The fourth-order valence-corrected chi connectivity index (χ4v) is 1.94. The number of hydrogen-bond donors (Lipinski definition) is 0. The largest absolute Gasteiger partial charge is 0.377 e. The molecule has 2 nitrogen and oxygen atoms in total. The molecule has 1 rings (SSSR count). The first-order valence-electron chi connectivity index (χ1n) is 3.96. The van der Waals surface area contributed by atoms with Crippen molar-refractivity contribution in [2.45, 2.75) is 4.90 Å². The molecule has 0 aromatic heterocycles. The second-order valence-corrected chi connectivity index (χ2v) is 4.19. The zero-order chi connectivity index (χ0) is 9.84. The summed E-state index contributed by atoms with van der Waals surface area (Å²) in [6.07, 6.45) is 0. The van der Waals surface area contributed by atoms with Crippen molar-refractivity contribution in [2.24, 2.45) is 0 Å². The van der Waals surface area contributed by atoms with Gasteiger partial charge in [0.15, 0.2) is 0 Å². The summed E-state index contributed by atoms with van der Waals surface area (Å²) in [5.74, 6) is 0. The standard InChI is InChI=1S/C10H13NOS/c1-4-13(12)10-8-6-5-7-9(10)11(2)3/h4-8H,1H2,2-3H3/t13-/m1/s1. The normalized spacial score (nSPS) is 12.2. The molecule has 70 valence electrons. The van der Waals surface area contributed by atoms with Gasteiger partial charge in [-0.1, -0.05) is 18.7 Å². The fraction of sp³-hybridized carbons (Fsp3) is 0.200. The molecule has 0 aliphatic rings. The SMILES string of the molecule is C=C[S@@](=O)c1ccccc1N(C)C. The number of hydrogen-bond acceptors (Lipinski definition) is 2. The van der Waals surface area contributed by atoms with Crippen LogP contribution < -0.4 is 4.90 Å². The number of benzene rings is 1. The van der Waals surface area contributed by atoms with Gasteiger partial charge in [0.05, 0.1) is 21.4 Å². The Morgan fingerprint density at radius 1 is 1.38 bits per heavy atom. The van der Waals surface area contributed by atoms with E-state index in [4.69, 9.17) is 0 Å². The fourth-order valence-electron chi connectivity index (χ4n) is 1.09. The van der Waals surface area contributed by atoms with Crippen LogP contribution in [0, 0.1) is 0 Å². The van der Waals surface area contributed by atoms with Gasteiger partial charge in [-0.2, -0.15) is 0 Å². The Hall–Kier alpha value is -1.09. The molecule has 1 aromatic rings. The maximum absolute atomic E-state index is 11.5. The summed E-state index contributed by atoms with van der Waals surface area (Å²) in [6.45, 7) is 3.52. The Bertz CT molecular complexity index is 333. The zero-order valence-corrected chi connectivity index (χ0v) is 8.67. The van der Waals surface area contributed by atoms with Crippen LogP contribution in [0.1, 0.15) is 0 Å². The van der Waals surface area contributed by atoms with Crippen LogP contribution in [0.25, 0.3) is 0 Å². The predicted molar refractivity (Wildman–Crippen MR) is 57.4 cm³/mol. The smallest absolute Gasteiger partial charge is 0.0791 e. The number of nitrogens with zero attached hydrogens (tertiary/aromatic N) is 1. The van der Waals surface area contributed by atoms with E-state index < -0.39 is 10.8 Å². The Morgan fingerprint density at radius 3 is 2.54 bits per heavy atom. The molecule has 0 radical (unpaired) electrons. The van der Waals surface area contributed by atoms with Gasteiger partial charge < -0.3 is 4.90 Å². The predicted octanol–water partition coefficient (Wildman–Crippen LogP) is 2.00. The topological polar surface area (TPSA) is 20.3 Å². The minimum Gasteiger partial charge on any atom is -0.377 e. The van der Waals surface area contributed by atoms with Crippen LogP contribution in [-0.4, -0.2) is 18.3 Å². The lowest BCUT2D eigenvalue weighted by Gasteiger charge is -2.15. The average Bonchev–Trinajstić information content (AvgIpc) is 2.16. The van der Waals surface area contributed by atoms with Crippen molar-refractivity contribution in [3.8, 4) is 0 Å². The minimum atomic E-state index is -1.10. The quantitative estimate of drug-likeness (QED) is 0.735. The van der Waals surface area contributed by atoms with Crippen molar-refractivity contribution >= 4 is 16.5 Å². The highest BCUT2D eigenvalue weighted by Crippen LogP contribution is 2.21. The third kappa shape index (κ3) is 2.18. The van der Waals surface area contributed by atoms with E-state index in [9.17, 15) is 4.21 Å². The Balaban J connectivity index is 3.19. The summed E-state index contributed by atoms with van der Waals surface area (Å²) in [5.41, 5.74) is 0.973. The molecule has 3 heteroatoms. The van der Waals surface area contributed by atoms with Crippen molar-refractivity contribution in [3.05, 3.63) is 36.3 Å². The highest BCUT2D eigenvalue weighted by molar-refractivity contribution is 7.88. The number of rotatable bonds is 3.